The maximum atomic E-state index is 12.6. The normalized spacial score (nSPS) is 17.2. The summed E-state index contributed by atoms with van der Waals surface area (Å²) in [5, 5.41) is 2.84. The quantitative estimate of drug-likeness (QED) is 0.730. The molecule has 0 spiro atoms. The molecule has 0 radical (unpaired) electrons. The monoisotopic (exact) mass is 418 g/mol. The first-order valence-corrected chi connectivity index (χ1v) is 10.7. The zero-order valence-corrected chi connectivity index (χ0v) is 16.6. The molecule has 29 heavy (non-hydrogen) atoms. The Kier molecular flexibility index (Phi) is 5.35. The van der Waals surface area contributed by atoms with E-state index in [9.17, 15) is 13.2 Å². The fourth-order valence-electron chi connectivity index (χ4n) is 3.32. The number of carbonyl (C=O) groups excluding carboxylic acids is 1. The number of nitrogens with two attached hydrogens (primary N) is 1. The lowest BCUT2D eigenvalue weighted by atomic mass is 10.2. The number of rotatable bonds is 4. The van der Waals surface area contributed by atoms with Gasteiger partial charge in [-0.25, -0.2) is 23.2 Å². The molecule has 2 aliphatic heterocycles. The smallest absolute Gasteiger partial charge is 0.318 e. The Balaban J connectivity index is 1.34. The number of urea groups is 1. The van der Waals surface area contributed by atoms with Gasteiger partial charge < -0.3 is 20.7 Å². The van der Waals surface area contributed by atoms with Crippen LogP contribution in [0.15, 0.2) is 35.4 Å². The molecule has 0 saturated carbocycles. The number of nitrogens with zero attached hydrogens (tertiary/aromatic N) is 4. The van der Waals surface area contributed by atoms with E-state index in [2.05, 4.69) is 15.3 Å². The van der Waals surface area contributed by atoms with Crippen molar-refractivity contribution in [3.63, 3.8) is 0 Å². The molecule has 10 nitrogen and oxygen atoms in total. The van der Waals surface area contributed by atoms with E-state index < -0.39 is 10.0 Å². The number of anilines is 1. The summed E-state index contributed by atoms with van der Waals surface area (Å²) in [5.41, 5.74) is 8.03. The maximum Gasteiger partial charge on any atom is 0.318 e. The van der Waals surface area contributed by atoms with Crippen molar-refractivity contribution in [2.24, 2.45) is 0 Å². The van der Waals surface area contributed by atoms with Crippen molar-refractivity contribution in [2.45, 2.75) is 24.5 Å². The van der Waals surface area contributed by atoms with Crippen molar-refractivity contribution in [3.05, 3.63) is 47.3 Å². The van der Waals surface area contributed by atoms with Gasteiger partial charge in [0, 0.05) is 31.4 Å². The number of amides is 2. The number of nitrogens with one attached hydrogen (secondary N) is 1. The van der Waals surface area contributed by atoms with Crippen LogP contribution < -0.4 is 11.1 Å². The third kappa shape index (κ3) is 4.16. The van der Waals surface area contributed by atoms with Crippen LogP contribution in [0.1, 0.15) is 16.8 Å². The summed E-state index contributed by atoms with van der Waals surface area (Å²) in [6.07, 6.45) is 1.64. The lowest BCUT2D eigenvalue weighted by molar-refractivity contribution is 0.0730. The van der Waals surface area contributed by atoms with Crippen LogP contribution >= 0.6 is 0 Å². The second kappa shape index (κ2) is 7.93. The summed E-state index contributed by atoms with van der Waals surface area (Å²) in [6.45, 7) is 2.62. The van der Waals surface area contributed by atoms with Crippen LogP contribution in [0.25, 0.3) is 0 Å². The summed E-state index contributed by atoms with van der Waals surface area (Å²) in [4.78, 5) is 22.4. The van der Waals surface area contributed by atoms with E-state index >= 15 is 0 Å². The number of fused-ring (bicyclic) bond motifs is 1. The minimum atomic E-state index is -3.52. The molecular formula is C18H22N6O4S. The van der Waals surface area contributed by atoms with Crippen molar-refractivity contribution in [1.29, 1.82) is 0 Å². The predicted molar refractivity (Wildman–Crippen MR) is 104 cm³/mol. The van der Waals surface area contributed by atoms with Gasteiger partial charge in [0.1, 0.15) is 0 Å². The summed E-state index contributed by atoms with van der Waals surface area (Å²) in [7, 11) is -3.52. The van der Waals surface area contributed by atoms with Crippen molar-refractivity contribution in [2.75, 3.05) is 32.0 Å². The number of ether oxygens (including phenoxy) is 1. The zero-order valence-electron chi connectivity index (χ0n) is 15.7. The van der Waals surface area contributed by atoms with Gasteiger partial charge in [-0.3, -0.25) is 0 Å². The van der Waals surface area contributed by atoms with Crippen LogP contribution in [0.2, 0.25) is 0 Å². The minimum Gasteiger partial charge on any atom is -0.379 e. The van der Waals surface area contributed by atoms with E-state index in [-0.39, 0.29) is 23.4 Å². The largest absolute Gasteiger partial charge is 0.379 e. The lowest BCUT2D eigenvalue weighted by Crippen LogP contribution is -2.40. The molecule has 1 aromatic heterocycles. The predicted octanol–water partition coefficient (Wildman–Crippen LogP) is 0.305. The Labute approximate surface area is 168 Å². The van der Waals surface area contributed by atoms with Crippen LogP contribution in [0.4, 0.5) is 10.7 Å². The van der Waals surface area contributed by atoms with E-state index in [0.29, 0.717) is 39.4 Å². The summed E-state index contributed by atoms with van der Waals surface area (Å²) in [6, 6.07) is 6.32. The van der Waals surface area contributed by atoms with Crippen molar-refractivity contribution in [3.8, 4) is 0 Å². The molecule has 0 unspecified atom stereocenters. The average molecular weight is 418 g/mol. The molecule has 4 rings (SSSR count). The maximum absolute atomic E-state index is 12.6. The van der Waals surface area contributed by atoms with Gasteiger partial charge >= 0.3 is 6.03 Å². The fraction of sp³-hybridized carbons (Fsp3) is 0.389. The molecule has 11 heteroatoms. The molecule has 1 aromatic carbocycles. The third-order valence-corrected chi connectivity index (χ3v) is 6.85. The molecule has 3 heterocycles. The first-order valence-electron chi connectivity index (χ1n) is 9.23. The second-order valence-electron chi connectivity index (χ2n) is 6.88. The van der Waals surface area contributed by atoms with Gasteiger partial charge in [-0.1, -0.05) is 12.1 Å². The molecule has 2 aliphatic rings. The summed E-state index contributed by atoms with van der Waals surface area (Å²) in [5.74, 6) is 0.193. The van der Waals surface area contributed by atoms with E-state index in [1.165, 1.54) is 4.31 Å². The molecule has 1 saturated heterocycles. The first-order chi connectivity index (χ1) is 13.9. The van der Waals surface area contributed by atoms with Crippen LogP contribution in [0.3, 0.4) is 0 Å². The van der Waals surface area contributed by atoms with Crippen molar-refractivity contribution in [1.82, 2.24) is 24.5 Å². The van der Waals surface area contributed by atoms with Gasteiger partial charge in [0.05, 0.1) is 36.9 Å². The number of hydrogen-bond donors (Lipinski definition) is 2. The van der Waals surface area contributed by atoms with E-state index in [1.54, 1.807) is 35.4 Å². The highest BCUT2D eigenvalue weighted by molar-refractivity contribution is 7.89. The highest BCUT2D eigenvalue weighted by Crippen LogP contribution is 2.21. The number of aromatic nitrogens is 2. The average Bonchev–Trinajstić information content (AvgIpc) is 3.16. The van der Waals surface area contributed by atoms with Crippen LogP contribution in [-0.2, 0) is 34.4 Å². The molecule has 2 amide bonds. The third-order valence-electron chi connectivity index (χ3n) is 4.94. The zero-order chi connectivity index (χ0) is 20.4. The molecule has 0 atom stereocenters. The second-order valence-corrected chi connectivity index (χ2v) is 8.81. The molecule has 154 valence electrons. The van der Waals surface area contributed by atoms with Gasteiger partial charge in [-0.15, -0.1) is 0 Å². The Morgan fingerprint density at radius 1 is 1.17 bits per heavy atom. The van der Waals surface area contributed by atoms with E-state index in [0.717, 1.165) is 16.8 Å². The first kappa shape index (κ1) is 19.6. The van der Waals surface area contributed by atoms with Gasteiger partial charge in [0.2, 0.25) is 16.0 Å². The Morgan fingerprint density at radius 3 is 2.62 bits per heavy atom. The number of hydrogen-bond acceptors (Lipinski definition) is 7. The van der Waals surface area contributed by atoms with Gasteiger partial charge in [0.25, 0.3) is 0 Å². The van der Waals surface area contributed by atoms with Crippen molar-refractivity contribution >= 4 is 22.0 Å². The van der Waals surface area contributed by atoms with Crippen LogP contribution in [0, 0.1) is 0 Å². The standard InChI is InChI=1S/C18H22N6O4S/c19-17-20-10-14-11-23(12-16(14)22-17)18(25)21-9-13-1-3-15(4-2-13)29(26,27)24-5-7-28-8-6-24/h1-4,10H,5-9,11-12H2,(H,21,25)(H2,19,20,22). The Hall–Kier alpha value is -2.76. The Morgan fingerprint density at radius 2 is 1.90 bits per heavy atom. The summed E-state index contributed by atoms with van der Waals surface area (Å²) >= 11 is 0. The Bertz CT molecular complexity index is 1010. The number of carbonyl (C=O) groups is 1. The number of morpholine rings is 1. The van der Waals surface area contributed by atoms with Crippen LogP contribution in [0.5, 0.6) is 0 Å². The summed E-state index contributed by atoms with van der Waals surface area (Å²) < 4.78 is 31.9. The molecule has 0 aliphatic carbocycles. The number of sulfonamides is 1. The highest BCUT2D eigenvalue weighted by atomic mass is 32.2. The van der Waals surface area contributed by atoms with Gasteiger partial charge in [-0.2, -0.15) is 4.31 Å². The molecular weight excluding hydrogens is 396 g/mol. The SMILES string of the molecule is Nc1ncc2c(n1)CN(C(=O)NCc1ccc(S(=O)(=O)N3CCOCC3)cc1)C2. The highest BCUT2D eigenvalue weighted by Gasteiger charge is 2.27. The lowest BCUT2D eigenvalue weighted by Gasteiger charge is -2.26. The van der Waals surface area contributed by atoms with E-state index in [4.69, 9.17) is 10.5 Å². The van der Waals surface area contributed by atoms with Gasteiger partial charge in [-0.05, 0) is 17.7 Å². The molecule has 1 fully saturated rings. The topological polar surface area (TPSA) is 131 Å². The fourth-order valence-corrected chi connectivity index (χ4v) is 4.73. The number of benzene rings is 1. The molecule has 2 aromatic rings. The van der Waals surface area contributed by atoms with Gasteiger partial charge in [0.15, 0.2) is 0 Å². The molecule has 0 bridgehead atoms. The van der Waals surface area contributed by atoms with Crippen molar-refractivity contribution < 1.29 is 17.9 Å². The number of nitrogen functional groups attached to an aromatic ring is 1. The van der Waals surface area contributed by atoms with Crippen LogP contribution in [-0.4, -0.2) is 59.9 Å². The van der Waals surface area contributed by atoms with E-state index in [1.807, 2.05) is 0 Å². The minimum absolute atomic E-state index is 0.193. The molecule has 3 N–H and O–H groups in total.